The van der Waals surface area contributed by atoms with Crippen LogP contribution in [-0.2, 0) is 16.4 Å². The molecule has 0 fully saturated rings. The summed E-state index contributed by atoms with van der Waals surface area (Å²) < 4.78 is 60.2. The Hall–Kier alpha value is -1.41. The molecule has 0 bridgehead atoms. The van der Waals surface area contributed by atoms with Crippen molar-refractivity contribution in [3.8, 4) is 0 Å². The normalized spacial score (nSPS) is 17.9. The fourth-order valence-electron chi connectivity index (χ4n) is 1.93. The number of ketones is 1. The molecule has 2 rings (SSSR count). The molecule has 0 radical (unpaired) electrons. The quantitative estimate of drug-likeness (QED) is 0.790. The lowest BCUT2D eigenvalue weighted by Crippen LogP contribution is -2.43. The number of nitrogens with zero attached hydrogens (tertiary/aromatic N) is 1. The summed E-state index contributed by atoms with van der Waals surface area (Å²) in [5.41, 5.74) is -4.54. The molecule has 1 aromatic rings. The minimum absolute atomic E-state index is 0.0806. The highest BCUT2D eigenvalue weighted by molar-refractivity contribution is 7.90. The van der Waals surface area contributed by atoms with Crippen LogP contribution in [0.15, 0.2) is 24.3 Å². The standard InChI is InChI=1S/C11H10F3NO3S/c12-11(13,14)19(17,18)15-6-5-8-3-1-2-4-9(8)10(16)7-15/h1-4H,5-7H2. The van der Waals surface area contributed by atoms with Gasteiger partial charge in [-0.3, -0.25) is 4.79 Å². The highest BCUT2D eigenvalue weighted by Gasteiger charge is 2.50. The Morgan fingerprint density at radius 1 is 1.16 bits per heavy atom. The van der Waals surface area contributed by atoms with Gasteiger partial charge in [0.1, 0.15) is 0 Å². The number of hydrogen-bond donors (Lipinski definition) is 0. The van der Waals surface area contributed by atoms with Crippen LogP contribution in [0.25, 0.3) is 0 Å². The lowest BCUT2D eigenvalue weighted by Gasteiger charge is -2.20. The number of hydrogen-bond acceptors (Lipinski definition) is 3. The van der Waals surface area contributed by atoms with Gasteiger partial charge < -0.3 is 0 Å². The molecule has 8 heteroatoms. The Morgan fingerprint density at radius 2 is 1.79 bits per heavy atom. The highest BCUT2D eigenvalue weighted by Crippen LogP contribution is 2.28. The number of carbonyl (C=O) groups excluding carboxylic acids is 1. The van der Waals surface area contributed by atoms with Gasteiger partial charge in [-0.2, -0.15) is 17.5 Å². The average Bonchev–Trinajstić information content (AvgIpc) is 2.48. The predicted molar refractivity (Wildman–Crippen MR) is 61.0 cm³/mol. The Kier molecular flexibility index (Phi) is 3.40. The van der Waals surface area contributed by atoms with E-state index >= 15 is 0 Å². The maximum atomic E-state index is 12.5. The lowest BCUT2D eigenvalue weighted by atomic mass is 10.0. The summed E-state index contributed by atoms with van der Waals surface area (Å²) in [6.07, 6.45) is 0.0806. The number of carbonyl (C=O) groups is 1. The van der Waals surface area contributed by atoms with Crippen LogP contribution < -0.4 is 0 Å². The van der Waals surface area contributed by atoms with E-state index in [0.717, 1.165) is 0 Å². The van der Waals surface area contributed by atoms with Crippen molar-refractivity contribution in [2.75, 3.05) is 13.1 Å². The van der Waals surface area contributed by atoms with E-state index in [0.29, 0.717) is 5.56 Å². The van der Waals surface area contributed by atoms with E-state index in [4.69, 9.17) is 0 Å². The third-order valence-corrected chi connectivity index (χ3v) is 4.48. The van der Waals surface area contributed by atoms with Crippen LogP contribution >= 0.6 is 0 Å². The molecule has 0 saturated carbocycles. The summed E-state index contributed by atoms with van der Waals surface area (Å²) in [6.45, 7) is -1.14. The fraction of sp³-hybridized carbons (Fsp3) is 0.364. The first-order valence-corrected chi connectivity index (χ1v) is 6.85. The van der Waals surface area contributed by atoms with Gasteiger partial charge in [0, 0.05) is 12.1 Å². The first kappa shape index (κ1) is 14.0. The number of fused-ring (bicyclic) bond motifs is 1. The largest absolute Gasteiger partial charge is 0.511 e. The molecule has 0 spiro atoms. The van der Waals surface area contributed by atoms with E-state index in [2.05, 4.69) is 0 Å². The van der Waals surface area contributed by atoms with Gasteiger partial charge >= 0.3 is 15.5 Å². The molecule has 0 aromatic heterocycles. The summed E-state index contributed by atoms with van der Waals surface area (Å²) in [6, 6.07) is 6.34. The van der Waals surface area contributed by atoms with E-state index in [1.807, 2.05) is 0 Å². The van der Waals surface area contributed by atoms with E-state index in [-0.39, 0.29) is 22.8 Å². The average molecular weight is 293 g/mol. The molecule has 0 aliphatic carbocycles. The second kappa shape index (κ2) is 4.61. The van der Waals surface area contributed by atoms with Gasteiger partial charge in [0.15, 0.2) is 5.78 Å². The lowest BCUT2D eigenvalue weighted by molar-refractivity contribution is -0.0486. The van der Waals surface area contributed by atoms with Gasteiger partial charge in [-0.05, 0) is 12.0 Å². The first-order valence-electron chi connectivity index (χ1n) is 5.41. The summed E-state index contributed by atoms with van der Waals surface area (Å²) in [5, 5.41) is 0. The van der Waals surface area contributed by atoms with Crippen LogP contribution in [0, 0.1) is 0 Å². The topological polar surface area (TPSA) is 54.5 Å². The maximum Gasteiger partial charge on any atom is 0.511 e. The van der Waals surface area contributed by atoms with Gasteiger partial charge in [0.25, 0.3) is 0 Å². The Morgan fingerprint density at radius 3 is 2.42 bits per heavy atom. The summed E-state index contributed by atoms with van der Waals surface area (Å²) in [5.74, 6) is -0.624. The minimum atomic E-state index is -5.46. The molecule has 0 saturated heterocycles. The van der Waals surface area contributed by atoms with Crippen molar-refractivity contribution < 1.29 is 26.4 Å². The number of sulfonamides is 1. The SMILES string of the molecule is O=C1CN(S(=O)(=O)C(F)(F)F)CCc2ccccc21. The van der Waals surface area contributed by atoms with Gasteiger partial charge in [0.2, 0.25) is 0 Å². The number of rotatable bonds is 1. The number of benzene rings is 1. The summed E-state index contributed by atoms with van der Waals surface area (Å²) in [4.78, 5) is 11.8. The predicted octanol–water partition coefficient (Wildman–Crippen LogP) is 1.58. The Labute approximate surface area is 107 Å². The van der Waals surface area contributed by atoms with Gasteiger partial charge in [-0.1, -0.05) is 24.3 Å². The van der Waals surface area contributed by atoms with Gasteiger partial charge in [-0.15, -0.1) is 0 Å². The zero-order valence-electron chi connectivity index (χ0n) is 9.64. The molecule has 1 aromatic carbocycles. The van der Waals surface area contributed by atoms with Crippen LogP contribution in [0.1, 0.15) is 15.9 Å². The molecule has 0 N–H and O–H groups in total. The van der Waals surface area contributed by atoms with Crippen molar-refractivity contribution in [3.05, 3.63) is 35.4 Å². The number of halogens is 3. The van der Waals surface area contributed by atoms with E-state index in [1.54, 1.807) is 18.2 Å². The van der Waals surface area contributed by atoms with E-state index < -0.39 is 27.9 Å². The molecular weight excluding hydrogens is 283 g/mol. The monoisotopic (exact) mass is 293 g/mol. The third kappa shape index (κ3) is 2.50. The molecule has 0 unspecified atom stereocenters. The van der Waals surface area contributed by atoms with Gasteiger partial charge in [-0.25, -0.2) is 8.42 Å². The maximum absolute atomic E-state index is 12.5. The van der Waals surface area contributed by atoms with Gasteiger partial charge in [0.05, 0.1) is 6.54 Å². The van der Waals surface area contributed by atoms with Crippen molar-refractivity contribution in [3.63, 3.8) is 0 Å². The smallest absolute Gasteiger partial charge is 0.293 e. The summed E-state index contributed by atoms with van der Waals surface area (Å²) in [7, 11) is -5.46. The van der Waals surface area contributed by atoms with Crippen LogP contribution in [-0.4, -0.2) is 37.1 Å². The molecule has 1 aliphatic heterocycles. The zero-order chi connectivity index (χ0) is 14.3. The molecule has 19 heavy (non-hydrogen) atoms. The van der Waals surface area contributed by atoms with Crippen LogP contribution in [0.4, 0.5) is 13.2 Å². The Balaban J connectivity index is 2.36. The number of Topliss-reactive ketones (excluding diaryl/α,β-unsaturated/α-hetero) is 1. The molecule has 1 aliphatic rings. The second-order valence-electron chi connectivity index (χ2n) is 4.11. The van der Waals surface area contributed by atoms with Crippen molar-refractivity contribution in [2.45, 2.75) is 11.9 Å². The molecule has 0 atom stereocenters. The van der Waals surface area contributed by atoms with Crippen LogP contribution in [0.3, 0.4) is 0 Å². The van der Waals surface area contributed by atoms with E-state index in [1.165, 1.54) is 6.07 Å². The zero-order valence-corrected chi connectivity index (χ0v) is 10.5. The van der Waals surface area contributed by atoms with E-state index in [9.17, 15) is 26.4 Å². The summed E-state index contributed by atoms with van der Waals surface area (Å²) >= 11 is 0. The molecule has 104 valence electrons. The molecule has 0 amide bonds. The molecular formula is C11H10F3NO3S. The third-order valence-electron chi connectivity index (χ3n) is 2.90. The molecule has 1 heterocycles. The Bertz CT molecular complexity index is 610. The molecule has 4 nitrogen and oxygen atoms in total. The van der Waals surface area contributed by atoms with Crippen molar-refractivity contribution in [2.24, 2.45) is 0 Å². The van der Waals surface area contributed by atoms with Crippen molar-refractivity contribution in [1.82, 2.24) is 4.31 Å². The number of alkyl halides is 3. The fourth-order valence-corrected chi connectivity index (χ4v) is 2.84. The van der Waals surface area contributed by atoms with Crippen molar-refractivity contribution in [1.29, 1.82) is 0 Å². The first-order chi connectivity index (χ1) is 8.73. The van der Waals surface area contributed by atoms with Crippen molar-refractivity contribution >= 4 is 15.8 Å². The second-order valence-corrected chi connectivity index (χ2v) is 6.04. The van der Waals surface area contributed by atoms with Crippen LogP contribution in [0.2, 0.25) is 0 Å². The van der Waals surface area contributed by atoms with Crippen LogP contribution in [0.5, 0.6) is 0 Å². The minimum Gasteiger partial charge on any atom is -0.293 e. The highest BCUT2D eigenvalue weighted by atomic mass is 32.2.